The summed E-state index contributed by atoms with van der Waals surface area (Å²) in [6.45, 7) is 4.91. The molecule has 0 N–H and O–H groups in total. The molecule has 4 aliphatic carbocycles. The zero-order chi connectivity index (χ0) is 29.4. The van der Waals surface area contributed by atoms with Crippen molar-refractivity contribution in [2.45, 2.75) is 45.4 Å². The van der Waals surface area contributed by atoms with Crippen LogP contribution < -0.4 is 10.6 Å². The second kappa shape index (κ2) is 9.62. The molecular formula is C41H35N3. The van der Waals surface area contributed by atoms with E-state index in [4.69, 9.17) is 9.97 Å². The maximum absolute atomic E-state index is 5.40. The van der Waals surface area contributed by atoms with Gasteiger partial charge in [0, 0.05) is 28.0 Å². The lowest BCUT2D eigenvalue weighted by molar-refractivity contribution is 0.351. The number of benzene rings is 3. The first-order valence-corrected chi connectivity index (χ1v) is 16.1. The first kappa shape index (κ1) is 25.7. The molecule has 5 aromatic rings. The van der Waals surface area contributed by atoms with Crippen LogP contribution in [0.1, 0.15) is 56.7 Å². The van der Waals surface area contributed by atoms with Crippen molar-refractivity contribution >= 4 is 29.1 Å². The Kier molecular flexibility index (Phi) is 5.62. The molecule has 2 aromatic heterocycles. The number of hydrogen-bond donors (Lipinski definition) is 0. The van der Waals surface area contributed by atoms with Crippen molar-refractivity contribution in [3.63, 3.8) is 0 Å². The van der Waals surface area contributed by atoms with Gasteiger partial charge in [-0.15, -0.1) is 0 Å². The van der Waals surface area contributed by atoms with Crippen molar-refractivity contribution in [1.29, 1.82) is 0 Å². The number of allylic oxidation sites excluding steroid dienone is 5. The minimum Gasteiger partial charge on any atom is -0.278 e. The normalized spacial score (nSPS) is 20.9. The molecule has 2 heterocycles. The molecule has 2 atom stereocenters. The fraction of sp³-hybridized carbons (Fsp3) is 0.220. The summed E-state index contributed by atoms with van der Waals surface area (Å²) < 4.78 is 2.34. The molecule has 0 bridgehead atoms. The van der Waals surface area contributed by atoms with E-state index in [1.807, 2.05) is 0 Å². The Morgan fingerprint density at radius 3 is 2.36 bits per heavy atom. The fourth-order valence-electron chi connectivity index (χ4n) is 8.48. The summed E-state index contributed by atoms with van der Waals surface area (Å²) >= 11 is 0. The van der Waals surface area contributed by atoms with Crippen LogP contribution in [0.5, 0.6) is 0 Å². The van der Waals surface area contributed by atoms with Crippen molar-refractivity contribution in [3.8, 4) is 28.3 Å². The Morgan fingerprint density at radius 2 is 1.50 bits per heavy atom. The van der Waals surface area contributed by atoms with E-state index < -0.39 is 0 Å². The lowest BCUT2D eigenvalue weighted by Gasteiger charge is -2.35. The van der Waals surface area contributed by atoms with Gasteiger partial charge in [0.2, 0.25) is 5.95 Å². The van der Waals surface area contributed by atoms with E-state index in [1.165, 1.54) is 39.7 Å². The summed E-state index contributed by atoms with van der Waals surface area (Å²) in [6.07, 6.45) is 18.6. The van der Waals surface area contributed by atoms with Crippen LogP contribution in [0.3, 0.4) is 0 Å². The van der Waals surface area contributed by atoms with Crippen LogP contribution in [-0.2, 0) is 0 Å². The van der Waals surface area contributed by atoms with Crippen molar-refractivity contribution in [2.24, 2.45) is 11.3 Å². The fourth-order valence-corrected chi connectivity index (χ4v) is 8.48. The molecule has 0 aliphatic heterocycles. The van der Waals surface area contributed by atoms with Gasteiger partial charge >= 0.3 is 0 Å². The number of nitrogens with zero attached hydrogens (tertiary/aromatic N) is 3. The van der Waals surface area contributed by atoms with Gasteiger partial charge in [-0.25, -0.2) is 9.97 Å². The first-order chi connectivity index (χ1) is 21.6. The van der Waals surface area contributed by atoms with Crippen LogP contribution in [0.15, 0.2) is 108 Å². The third-order valence-electron chi connectivity index (χ3n) is 10.5. The van der Waals surface area contributed by atoms with Crippen LogP contribution in [0.2, 0.25) is 0 Å². The molecule has 2 unspecified atom stereocenters. The van der Waals surface area contributed by atoms with Gasteiger partial charge in [0.05, 0.1) is 22.3 Å². The quantitative estimate of drug-likeness (QED) is 0.218. The molecule has 4 aliphatic rings. The van der Waals surface area contributed by atoms with E-state index in [0.717, 1.165) is 47.0 Å². The average molecular weight is 570 g/mol. The lowest BCUT2D eigenvalue weighted by Crippen LogP contribution is -2.35. The number of aromatic nitrogens is 3. The molecule has 44 heavy (non-hydrogen) atoms. The molecule has 214 valence electrons. The van der Waals surface area contributed by atoms with E-state index in [2.05, 4.69) is 134 Å². The molecule has 9 rings (SSSR count). The van der Waals surface area contributed by atoms with Crippen molar-refractivity contribution in [2.75, 3.05) is 0 Å². The van der Waals surface area contributed by atoms with Gasteiger partial charge in [-0.2, -0.15) is 0 Å². The predicted octanol–water partition coefficient (Wildman–Crippen LogP) is 8.52. The first-order valence-electron chi connectivity index (χ1n) is 16.1. The lowest BCUT2D eigenvalue weighted by atomic mass is 9.68. The van der Waals surface area contributed by atoms with E-state index >= 15 is 0 Å². The summed E-state index contributed by atoms with van der Waals surface area (Å²) in [4.78, 5) is 10.7. The van der Waals surface area contributed by atoms with Gasteiger partial charge in [-0.1, -0.05) is 123 Å². The van der Waals surface area contributed by atoms with Crippen LogP contribution in [0, 0.1) is 11.3 Å². The van der Waals surface area contributed by atoms with Gasteiger partial charge in [0.25, 0.3) is 0 Å². The van der Waals surface area contributed by atoms with Gasteiger partial charge < -0.3 is 0 Å². The molecule has 0 saturated carbocycles. The molecule has 0 radical (unpaired) electrons. The van der Waals surface area contributed by atoms with E-state index in [-0.39, 0.29) is 5.41 Å². The maximum atomic E-state index is 5.40. The highest BCUT2D eigenvalue weighted by molar-refractivity contribution is 5.92. The third kappa shape index (κ3) is 3.68. The van der Waals surface area contributed by atoms with Crippen LogP contribution in [0.4, 0.5) is 0 Å². The van der Waals surface area contributed by atoms with Gasteiger partial charge in [0.1, 0.15) is 0 Å². The molecule has 3 aromatic carbocycles. The molecule has 0 fully saturated rings. The largest absolute Gasteiger partial charge is 0.278 e. The molecule has 0 amide bonds. The molecule has 0 saturated heterocycles. The Balaban J connectivity index is 1.25. The predicted molar refractivity (Wildman–Crippen MR) is 182 cm³/mol. The summed E-state index contributed by atoms with van der Waals surface area (Å²) in [5.41, 5.74) is 11.7. The number of rotatable bonds is 3. The second-order valence-corrected chi connectivity index (χ2v) is 13.2. The van der Waals surface area contributed by atoms with Gasteiger partial charge in [-0.3, -0.25) is 4.57 Å². The standard InChI is InChI=1S/C41H35N3/c1-41(2)33-17-9-6-14-29(33)30-24-25-36-37(38(30)41)32-16-8-11-19-35(32)44(36)40-42-34-18-10-7-15-31(34)39(43-40)28-22-20-27(21-23-28)26-12-4-3-5-13-26/h3-5,8-9,11-13,15-25,30,38H,6-7,10,14H2,1-2H3. The highest BCUT2D eigenvalue weighted by Gasteiger charge is 2.50. The summed E-state index contributed by atoms with van der Waals surface area (Å²) in [7, 11) is 0. The zero-order valence-corrected chi connectivity index (χ0v) is 25.3. The van der Waals surface area contributed by atoms with Crippen LogP contribution in [0.25, 0.3) is 57.5 Å². The monoisotopic (exact) mass is 569 g/mol. The van der Waals surface area contributed by atoms with Crippen LogP contribution in [-0.4, -0.2) is 14.5 Å². The number of hydrogen-bond acceptors (Lipinski definition) is 2. The topological polar surface area (TPSA) is 30.7 Å². The second-order valence-electron chi connectivity index (χ2n) is 13.2. The highest BCUT2D eigenvalue weighted by Crippen LogP contribution is 2.62. The maximum Gasteiger partial charge on any atom is 0.235 e. The Hall–Kier alpha value is -4.76. The highest BCUT2D eigenvalue weighted by atomic mass is 15.2. The van der Waals surface area contributed by atoms with Gasteiger partial charge in [-0.05, 0) is 65.5 Å². The summed E-state index contributed by atoms with van der Waals surface area (Å²) in [5, 5.41) is 3.51. The molecular weight excluding hydrogens is 534 g/mol. The van der Waals surface area contributed by atoms with E-state index in [1.54, 1.807) is 11.1 Å². The van der Waals surface area contributed by atoms with Crippen molar-refractivity contribution in [1.82, 2.24) is 14.5 Å². The molecule has 0 spiro atoms. The minimum absolute atomic E-state index is 0.0521. The average Bonchev–Trinajstić information content (AvgIpc) is 3.53. The van der Waals surface area contributed by atoms with E-state index in [0.29, 0.717) is 11.8 Å². The zero-order valence-electron chi connectivity index (χ0n) is 25.3. The molecule has 3 heteroatoms. The third-order valence-corrected chi connectivity index (χ3v) is 10.5. The van der Waals surface area contributed by atoms with Gasteiger partial charge in [0.15, 0.2) is 0 Å². The number of para-hydroxylation sites is 1. The number of fused-ring (bicyclic) bond motifs is 7. The Morgan fingerprint density at radius 1 is 0.750 bits per heavy atom. The SMILES string of the molecule is CC1(C)C2=C(CCC=C2)C2C=Cc3c(c4ccccc4n3-c3nc(-c4ccc(-c5ccccc5)cc4)c4c(n3)=CCCC=4)C21. The van der Waals surface area contributed by atoms with E-state index in [9.17, 15) is 0 Å². The Bertz CT molecular complexity index is 2190. The van der Waals surface area contributed by atoms with Crippen molar-refractivity contribution < 1.29 is 0 Å². The molecule has 3 nitrogen and oxygen atoms in total. The summed E-state index contributed by atoms with van der Waals surface area (Å²) in [5.74, 6) is 1.60. The van der Waals surface area contributed by atoms with Crippen molar-refractivity contribution in [3.05, 3.63) is 130 Å². The Labute approximate surface area is 258 Å². The smallest absolute Gasteiger partial charge is 0.235 e. The van der Waals surface area contributed by atoms with Crippen LogP contribution >= 0.6 is 0 Å². The minimum atomic E-state index is 0.0521. The summed E-state index contributed by atoms with van der Waals surface area (Å²) in [6, 6.07) is 28.3.